The SMILES string of the molecule is C[C@@H]1CCC[C@H](N2CCN(S(C)(=O)=O)CC2)C1. The molecular formula is C12H24N2O2S. The van der Waals surface area contributed by atoms with Gasteiger partial charge in [-0.25, -0.2) is 8.42 Å². The highest BCUT2D eigenvalue weighted by Crippen LogP contribution is 2.28. The minimum absolute atomic E-state index is 0.670. The van der Waals surface area contributed by atoms with Gasteiger partial charge in [0.05, 0.1) is 6.26 Å². The van der Waals surface area contributed by atoms with Crippen LogP contribution in [0, 0.1) is 5.92 Å². The smallest absolute Gasteiger partial charge is 0.211 e. The molecule has 5 heteroatoms. The van der Waals surface area contributed by atoms with Gasteiger partial charge >= 0.3 is 0 Å². The average Bonchev–Trinajstić information content (AvgIpc) is 2.28. The van der Waals surface area contributed by atoms with Crippen molar-refractivity contribution < 1.29 is 8.42 Å². The Morgan fingerprint density at radius 1 is 1.06 bits per heavy atom. The molecule has 100 valence electrons. The molecule has 0 N–H and O–H groups in total. The van der Waals surface area contributed by atoms with Gasteiger partial charge in [0.15, 0.2) is 0 Å². The van der Waals surface area contributed by atoms with Gasteiger partial charge in [-0.05, 0) is 18.8 Å². The first-order valence-corrected chi connectivity index (χ1v) is 8.51. The number of sulfonamides is 1. The molecule has 2 aliphatic rings. The molecule has 0 bridgehead atoms. The summed E-state index contributed by atoms with van der Waals surface area (Å²) in [7, 11) is -2.98. The summed E-state index contributed by atoms with van der Waals surface area (Å²) in [4.78, 5) is 2.50. The van der Waals surface area contributed by atoms with Gasteiger partial charge in [0, 0.05) is 32.2 Å². The van der Waals surface area contributed by atoms with Crippen molar-refractivity contribution in [2.75, 3.05) is 32.4 Å². The number of nitrogens with zero attached hydrogens (tertiary/aromatic N) is 2. The molecule has 2 fully saturated rings. The Balaban J connectivity index is 1.86. The minimum atomic E-state index is -2.98. The standard InChI is InChI=1S/C12H24N2O2S/c1-11-4-3-5-12(10-11)13-6-8-14(9-7-13)17(2,15)16/h11-12H,3-10H2,1-2H3/t11-,12+/m1/s1. The molecule has 0 aromatic rings. The van der Waals surface area contributed by atoms with E-state index < -0.39 is 10.0 Å². The molecule has 17 heavy (non-hydrogen) atoms. The fourth-order valence-corrected chi connectivity index (χ4v) is 3.96. The molecule has 0 amide bonds. The first kappa shape index (κ1) is 13.3. The van der Waals surface area contributed by atoms with Crippen LogP contribution in [-0.2, 0) is 10.0 Å². The lowest BCUT2D eigenvalue weighted by Crippen LogP contribution is -2.52. The van der Waals surface area contributed by atoms with Gasteiger partial charge in [-0.2, -0.15) is 4.31 Å². The van der Waals surface area contributed by atoms with Gasteiger partial charge in [-0.15, -0.1) is 0 Å². The Kier molecular flexibility index (Phi) is 4.10. The summed E-state index contributed by atoms with van der Waals surface area (Å²) < 4.78 is 24.5. The van der Waals surface area contributed by atoms with Crippen LogP contribution >= 0.6 is 0 Å². The van der Waals surface area contributed by atoms with E-state index in [-0.39, 0.29) is 0 Å². The first-order chi connectivity index (χ1) is 7.97. The van der Waals surface area contributed by atoms with Crippen molar-refractivity contribution in [1.29, 1.82) is 0 Å². The zero-order chi connectivity index (χ0) is 12.5. The molecule has 1 saturated carbocycles. The molecular weight excluding hydrogens is 236 g/mol. The summed E-state index contributed by atoms with van der Waals surface area (Å²) in [6, 6.07) is 0.695. The normalized spacial score (nSPS) is 33.8. The summed E-state index contributed by atoms with van der Waals surface area (Å²) >= 11 is 0. The fraction of sp³-hybridized carbons (Fsp3) is 1.00. The van der Waals surface area contributed by atoms with Crippen molar-refractivity contribution in [3.8, 4) is 0 Å². The second kappa shape index (κ2) is 5.24. The summed E-state index contributed by atoms with van der Waals surface area (Å²) in [6.45, 7) is 5.49. The highest BCUT2D eigenvalue weighted by molar-refractivity contribution is 7.88. The van der Waals surface area contributed by atoms with Crippen LogP contribution in [-0.4, -0.2) is 56.1 Å². The lowest BCUT2D eigenvalue weighted by molar-refractivity contribution is 0.0969. The Morgan fingerprint density at radius 3 is 2.24 bits per heavy atom. The van der Waals surface area contributed by atoms with E-state index in [4.69, 9.17) is 0 Å². The largest absolute Gasteiger partial charge is 0.298 e. The van der Waals surface area contributed by atoms with Gasteiger partial charge in [0.2, 0.25) is 10.0 Å². The van der Waals surface area contributed by atoms with Crippen molar-refractivity contribution in [3.63, 3.8) is 0 Å². The molecule has 4 nitrogen and oxygen atoms in total. The third kappa shape index (κ3) is 3.42. The maximum absolute atomic E-state index is 11.4. The molecule has 1 saturated heterocycles. The van der Waals surface area contributed by atoms with Crippen molar-refractivity contribution in [2.24, 2.45) is 5.92 Å². The number of rotatable bonds is 2. The zero-order valence-electron chi connectivity index (χ0n) is 10.9. The molecule has 2 rings (SSSR count). The van der Waals surface area contributed by atoms with Crippen LogP contribution in [0.1, 0.15) is 32.6 Å². The van der Waals surface area contributed by atoms with Gasteiger partial charge in [-0.1, -0.05) is 19.8 Å². The molecule has 1 aliphatic carbocycles. The zero-order valence-corrected chi connectivity index (χ0v) is 11.7. The number of piperazine rings is 1. The first-order valence-electron chi connectivity index (χ1n) is 6.66. The molecule has 0 aromatic carbocycles. The quantitative estimate of drug-likeness (QED) is 0.747. The van der Waals surface area contributed by atoms with Gasteiger partial charge in [-0.3, -0.25) is 4.90 Å². The second-order valence-electron chi connectivity index (χ2n) is 5.62. The predicted molar refractivity (Wildman–Crippen MR) is 69.4 cm³/mol. The van der Waals surface area contributed by atoms with E-state index in [0.717, 1.165) is 19.0 Å². The van der Waals surface area contributed by atoms with Crippen LogP contribution in [0.15, 0.2) is 0 Å². The van der Waals surface area contributed by atoms with E-state index in [0.29, 0.717) is 19.1 Å². The van der Waals surface area contributed by atoms with E-state index >= 15 is 0 Å². The molecule has 0 unspecified atom stereocenters. The second-order valence-corrected chi connectivity index (χ2v) is 7.61. The Hall–Kier alpha value is -0.130. The lowest BCUT2D eigenvalue weighted by atomic mass is 9.86. The fourth-order valence-electron chi connectivity index (χ4n) is 3.13. The predicted octanol–water partition coefficient (Wildman–Crippen LogP) is 1.14. The van der Waals surface area contributed by atoms with Crippen molar-refractivity contribution in [2.45, 2.75) is 38.6 Å². The summed E-state index contributed by atoms with van der Waals surface area (Å²) in [5.41, 5.74) is 0. The minimum Gasteiger partial charge on any atom is -0.298 e. The Labute approximate surface area is 105 Å². The lowest BCUT2D eigenvalue weighted by Gasteiger charge is -2.41. The maximum atomic E-state index is 11.4. The monoisotopic (exact) mass is 260 g/mol. The van der Waals surface area contributed by atoms with E-state index in [9.17, 15) is 8.42 Å². The van der Waals surface area contributed by atoms with Crippen LogP contribution < -0.4 is 0 Å². The van der Waals surface area contributed by atoms with Crippen LogP contribution in [0.3, 0.4) is 0 Å². The van der Waals surface area contributed by atoms with Gasteiger partial charge < -0.3 is 0 Å². The Morgan fingerprint density at radius 2 is 1.71 bits per heavy atom. The van der Waals surface area contributed by atoms with Crippen molar-refractivity contribution >= 4 is 10.0 Å². The average molecular weight is 260 g/mol. The highest BCUT2D eigenvalue weighted by Gasteiger charge is 2.29. The van der Waals surface area contributed by atoms with Gasteiger partial charge in [0.25, 0.3) is 0 Å². The topological polar surface area (TPSA) is 40.6 Å². The maximum Gasteiger partial charge on any atom is 0.211 e. The van der Waals surface area contributed by atoms with E-state index in [1.54, 1.807) is 4.31 Å². The number of hydrogen-bond donors (Lipinski definition) is 0. The summed E-state index contributed by atoms with van der Waals surface area (Å²) in [5.74, 6) is 0.835. The molecule has 0 radical (unpaired) electrons. The third-order valence-corrected chi connectivity index (χ3v) is 5.47. The number of hydrogen-bond acceptors (Lipinski definition) is 3. The molecule has 2 atom stereocenters. The van der Waals surface area contributed by atoms with Crippen LogP contribution in [0.25, 0.3) is 0 Å². The van der Waals surface area contributed by atoms with Crippen LogP contribution in [0.2, 0.25) is 0 Å². The Bertz CT molecular complexity index is 348. The van der Waals surface area contributed by atoms with E-state index in [1.807, 2.05) is 0 Å². The van der Waals surface area contributed by atoms with Gasteiger partial charge in [0.1, 0.15) is 0 Å². The molecule has 0 spiro atoms. The molecule has 1 heterocycles. The van der Waals surface area contributed by atoms with Crippen LogP contribution in [0.4, 0.5) is 0 Å². The van der Waals surface area contributed by atoms with E-state index in [1.165, 1.54) is 31.9 Å². The van der Waals surface area contributed by atoms with E-state index in [2.05, 4.69) is 11.8 Å². The molecule has 1 aliphatic heterocycles. The third-order valence-electron chi connectivity index (χ3n) is 4.17. The molecule has 0 aromatic heterocycles. The highest BCUT2D eigenvalue weighted by atomic mass is 32.2. The van der Waals surface area contributed by atoms with Crippen molar-refractivity contribution in [3.05, 3.63) is 0 Å². The van der Waals surface area contributed by atoms with Crippen molar-refractivity contribution in [1.82, 2.24) is 9.21 Å². The summed E-state index contributed by atoms with van der Waals surface area (Å²) in [5, 5.41) is 0. The van der Waals surface area contributed by atoms with Crippen LogP contribution in [0.5, 0.6) is 0 Å². The summed E-state index contributed by atoms with van der Waals surface area (Å²) in [6.07, 6.45) is 6.59.